The molecule has 1 heterocycles. The van der Waals surface area contributed by atoms with Crippen LogP contribution < -0.4 is 5.32 Å². The Morgan fingerprint density at radius 1 is 1.53 bits per heavy atom. The number of halogens is 3. The van der Waals surface area contributed by atoms with E-state index in [0.29, 0.717) is 19.6 Å². The Hall–Kier alpha value is -0.980. The molecule has 0 aromatic heterocycles. The number of nitrogens with zero attached hydrogens (tertiary/aromatic N) is 1. The van der Waals surface area contributed by atoms with Crippen LogP contribution in [-0.4, -0.2) is 48.9 Å². The van der Waals surface area contributed by atoms with E-state index >= 15 is 0 Å². The first-order chi connectivity index (χ1) is 7.79. The van der Waals surface area contributed by atoms with E-state index in [1.165, 1.54) is 0 Å². The molecular formula is C10H17F3N2O2. The van der Waals surface area contributed by atoms with Gasteiger partial charge in [0.1, 0.15) is 6.54 Å². The summed E-state index contributed by atoms with van der Waals surface area (Å²) in [5.41, 5.74) is 0. The molecule has 0 saturated carbocycles. The highest BCUT2D eigenvalue weighted by Crippen LogP contribution is 2.18. The van der Waals surface area contributed by atoms with Crippen molar-refractivity contribution in [2.45, 2.75) is 38.5 Å². The average molecular weight is 254 g/mol. The molecule has 1 aliphatic heterocycles. The van der Waals surface area contributed by atoms with Crippen molar-refractivity contribution in [3.63, 3.8) is 0 Å². The van der Waals surface area contributed by atoms with E-state index in [2.05, 4.69) is 5.32 Å². The lowest BCUT2D eigenvalue weighted by atomic mass is 10.2. The Balaban J connectivity index is 2.54. The summed E-state index contributed by atoms with van der Waals surface area (Å²) in [6.45, 7) is 2.77. The second kappa shape index (κ2) is 5.57. The molecule has 2 amide bonds. The van der Waals surface area contributed by atoms with Crippen LogP contribution in [0.3, 0.4) is 0 Å². The third-order valence-corrected chi connectivity index (χ3v) is 2.49. The van der Waals surface area contributed by atoms with E-state index in [1.807, 2.05) is 0 Å². The minimum absolute atomic E-state index is 0.183. The lowest BCUT2D eigenvalue weighted by Crippen LogP contribution is -2.51. The fourth-order valence-electron chi connectivity index (χ4n) is 1.59. The molecule has 7 heteroatoms. The fourth-order valence-corrected chi connectivity index (χ4v) is 1.59. The van der Waals surface area contributed by atoms with Crippen molar-refractivity contribution < 1.29 is 22.7 Å². The molecule has 1 saturated heterocycles. The number of carbonyl (C=O) groups is 1. The Morgan fingerprint density at radius 3 is 2.59 bits per heavy atom. The first kappa shape index (κ1) is 14.1. The minimum Gasteiger partial charge on any atom is -0.379 e. The summed E-state index contributed by atoms with van der Waals surface area (Å²) in [6, 6.07) is -1.37. The van der Waals surface area contributed by atoms with Crippen LogP contribution in [0.1, 0.15) is 20.3 Å². The van der Waals surface area contributed by atoms with Crippen LogP contribution in [-0.2, 0) is 4.74 Å². The summed E-state index contributed by atoms with van der Waals surface area (Å²) >= 11 is 0. The molecular weight excluding hydrogens is 237 g/mol. The Kier molecular flexibility index (Phi) is 4.62. The zero-order valence-corrected chi connectivity index (χ0v) is 9.88. The molecule has 0 spiro atoms. The van der Waals surface area contributed by atoms with Crippen LogP contribution in [0.2, 0.25) is 0 Å². The summed E-state index contributed by atoms with van der Waals surface area (Å²) < 4.78 is 41.9. The first-order valence-corrected chi connectivity index (χ1v) is 5.51. The number of carbonyl (C=O) groups excluding carboxylic acids is 1. The van der Waals surface area contributed by atoms with E-state index in [-0.39, 0.29) is 6.04 Å². The van der Waals surface area contributed by atoms with Gasteiger partial charge in [-0.2, -0.15) is 13.2 Å². The summed E-state index contributed by atoms with van der Waals surface area (Å²) in [6.07, 6.45) is -3.74. The van der Waals surface area contributed by atoms with E-state index in [4.69, 9.17) is 4.74 Å². The van der Waals surface area contributed by atoms with Gasteiger partial charge >= 0.3 is 12.2 Å². The molecule has 17 heavy (non-hydrogen) atoms. The van der Waals surface area contributed by atoms with E-state index in [1.54, 1.807) is 13.8 Å². The van der Waals surface area contributed by atoms with Gasteiger partial charge in [-0.25, -0.2) is 4.79 Å². The monoisotopic (exact) mass is 254 g/mol. The topological polar surface area (TPSA) is 41.6 Å². The van der Waals surface area contributed by atoms with Gasteiger partial charge < -0.3 is 15.0 Å². The number of nitrogens with one attached hydrogen (secondary N) is 1. The van der Waals surface area contributed by atoms with Crippen LogP contribution in [0.5, 0.6) is 0 Å². The number of hydrogen-bond acceptors (Lipinski definition) is 2. The summed E-state index contributed by atoms with van der Waals surface area (Å²) in [4.78, 5) is 12.5. The zero-order valence-electron chi connectivity index (χ0n) is 9.88. The lowest BCUT2D eigenvalue weighted by molar-refractivity contribution is -0.142. The Labute approximate surface area is 98.1 Å². The van der Waals surface area contributed by atoms with E-state index < -0.39 is 24.8 Å². The van der Waals surface area contributed by atoms with Crippen molar-refractivity contribution in [1.82, 2.24) is 10.2 Å². The number of hydrogen-bond donors (Lipinski definition) is 1. The predicted octanol–water partition coefficient (Wildman–Crippen LogP) is 1.76. The maximum atomic E-state index is 12.3. The standard InChI is InChI=1S/C10H17F3N2O2/c1-7(2)15(6-10(11,12)13)9(16)14-8-3-4-17-5-8/h7-8H,3-6H2,1-2H3,(H,14,16). The molecule has 1 rings (SSSR count). The van der Waals surface area contributed by atoms with Crippen LogP contribution in [0.15, 0.2) is 0 Å². The number of rotatable bonds is 3. The van der Waals surface area contributed by atoms with E-state index in [0.717, 1.165) is 4.90 Å². The SMILES string of the molecule is CC(C)N(CC(F)(F)F)C(=O)NC1CCOC1. The number of urea groups is 1. The van der Waals surface area contributed by atoms with Crippen molar-refractivity contribution >= 4 is 6.03 Å². The molecule has 0 aliphatic carbocycles. The van der Waals surface area contributed by atoms with Crippen molar-refractivity contribution in [1.29, 1.82) is 0 Å². The quantitative estimate of drug-likeness (QED) is 0.833. The number of amides is 2. The molecule has 100 valence electrons. The molecule has 0 aromatic rings. The van der Waals surface area contributed by atoms with Gasteiger partial charge in [-0.05, 0) is 20.3 Å². The molecule has 0 radical (unpaired) electrons. The molecule has 4 nitrogen and oxygen atoms in total. The maximum absolute atomic E-state index is 12.3. The lowest BCUT2D eigenvalue weighted by Gasteiger charge is -2.29. The first-order valence-electron chi connectivity index (χ1n) is 5.51. The number of alkyl halides is 3. The van der Waals surface area contributed by atoms with Gasteiger partial charge in [0.2, 0.25) is 0 Å². The van der Waals surface area contributed by atoms with Crippen molar-refractivity contribution in [2.24, 2.45) is 0 Å². The van der Waals surface area contributed by atoms with Crippen molar-refractivity contribution in [3.8, 4) is 0 Å². The minimum atomic E-state index is -4.38. The Morgan fingerprint density at radius 2 is 2.18 bits per heavy atom. The van der Waals surface area contributed by atoms with Crippen LogP contribution >= 0.6 is 0 Å². The van der Waals surface area contributed by atoms with Crippen molar-refractivity contribution in [3.05, 3.63) is 0 Å². The van der Waals surface area contributed by atoms with Gasteiger partial charge in [0.25, 0.3) is 0 Å². The summed E-state index contributed by atoms with van der Waals surface area (Å²) in [5, 5.41) is 2.54. The van der Waals surface area contributed by atoms with Crippen molar-refractivity contribution in [2.75, 3.05) is 19.8 Å². The second-order valence-corrected chi connectivity index (χ2v) is 4.35. The highest BCUT2D eigenvalue weighted by molar-refractivity contribution is 5.75. The molecule has 1 unspecified atom stereocenters. The maximum Gasteiger partial charge on any atom is 0.406 e. The fraction of sp³-hybridized carbons (Fsp3) is 0.900. The predicted molar refractivity (Wildman–Crippen MR) is 55.7 cm³/mol. The second-order valence-electron chi connectivity index (χ2n) is 4.35. The highest BCUT2D eigenvalue weighted by Gasteiger charge is 2.35. The molecule has 1 aliphatic rings. The molecule has 0 bridgehead atoms. The largest absolute Gasteiger partial charge is 0.406 e. The van der Waals surface area contributed by atoms with Gasteiger partial charge in [-0.3, -0.25) is 0 Å². The van der Waals surface area contributed by atoms with E-state index in [9.17, 15) is 18.0 Å². The molecule has 1 atom stereocenters. The van der Waals surface area contributed by atoms with Gasteiger partial charge in [0.15, 0.2) is 0 Å². The van der Waals surface area contributed by atoms with Gasteiger partial charge in [0, 0.05) is 12.6 Å². The zero-order chi connectivity index (χ0) is 13.1. The molecule has 1 N–H and O–H groups in total. The normalized spacial score (nSPS) is 20.7. The molecule has 1 fully saturated rings. The molecule has 0 aromatic carbocycles. The number of ether oxygens (including phenoxy) is 1. The van der Waals surface area contributed by atoms with Crippen LogP contribution in [0.4, 0.5) is 18.0 Å². The van der Waals surface area contributed by atoms with Crippen LogP contribution in [0.25, 0.3) is 0 Å². The third kappa shape index (κ3) is 4.80. The third-order valence-electron chi connectivity index (χ3n) is 2.49. The summed E-state index contributed by atoms with van der Waals surface area (Å²) in [7, 11) is 0. The Bertz CT molecular complexity index is 263. The van der Waals surface area contributed by atoms with Crippen LogP contribution in [0, 0.1) is 0 Å². The van der Waals surface area contributed by atoms with Gasteiger partial charge in [-0.1, -0.05) is 0 Å². The smallest absolute Gasteiger partial charge is 0.379 e. The van der Waals surface area contributed by atoms with Gasteiger partial charge in [-0.15, -0.1) is 0 Å². The highest BCUT2D eigenvalue weighted by atomic mass is 19.4. The average Bonchev–Trinajstić information content (AvgIpc) is 2.64. The summed E-state index contributed by atoms with van der Waals surface area (Å²) in [5.74, 6) is 0. The van der Waals surface area contributed by atoms with Gasteiger partial charge in [0.05, 0.1) is 12.6 Å².